The van der Waals surface area contributed by atoms with E-state index in [0.717, 1.165) is 23.9 Å². The second kappa shape index (κ2) is 4.83. The van der Waals surface area contributed by atoms with Gasteiger partial charge in [-0.25, -0.2) is 4.98 Å². The molecule has 1 aromatic heterocycles. The highest BCUT2D eigenvalue weighted by atomic mass is 32.1. The molecule has 1 aliphatic rings. The van der Waals surface area contributed by atoms with Gasteiger partial charge in [-0.15, -0.1) is 11.3 Å². The molecule has 0 fully saturated rings. The second-order valence-electron chi connectivity index (χ2n) is 4.79. The van der Waals surface area contributed by atoms with E-state index < -0.39 is 6.10 Å². The first-order valence-corrected chi connectivity index (χ1v) is 7.26. The molecule has 1 unspecified atom stereocenters. The largest absolute Gasteiger partial charge is 0.387 e. The van der Waals surface area contributed by atoms with Crippen molar-refractivity contribution in [2.45, 2.75) is 13.0 Å². The van der Waals surface area contributed by atoms with Crippen molar-refractivity contribution < 1.29 is 5.11 Å². The Morgan fingerprint density at radius 1 is 1.26 bits per heavy atom. The van der Waals surface area contributed by atoms with Crippen LogP contribution in [-0.4, -0.2) is 30.2 Å². The summed E-state index contributed by atoms with van der Waals surface area (Å²) in [5.41, 5.74) is 3.15. The van der Waals surface area contributed by atoms with Crippen LogP contribution in [0.5, 0.6) is 0 Å². The summed E-state index contributed by atoms with van der Waals surface area (Å²) in [6.07, 6.45) is -0.507. The van der Waals surface area contributed by atoms with Crippen LogP contribution in [0.1, 0.15) is 18.7 Å². The normalized spacial score (nSPS) is 16.4. The third kappa shape index (κ3) is 2.19. The van der Waals surface area contributed by atoms with Crippen LogP contribution in [-0.2, 0) is 0 Å². The first-order chi connectivity index (χ1) is 9.16. The number of likely N-dealkylation sites (N-methyl/N-ethyl adjacent to an activating group) is 1. The molecule has 1 aliphatic heterocycles. The number of anilines is 3. The van der Waals surface area contributed by atoms with E-state index in [2.05, 4.69) is 40.0 Å². The smallest absolute Gasteiger partial charge is 0.190 e. The third-order valence-electron chi connectivity index (χ3n) is 3.41. The van der Waals surface area contributed by atoms with Crippen LogP contribution < -0.4 is 9.80 Å². The fraction of sp³-hybridized carbons (Fsp3) is 0.357. The first kappa shape index (κ1) is 12.4. The maximum absolute atomic E-state index is 9.59. The van der Waals surface area contributed by atoms with E-state index in [1.54, 1.807) is 18.3 Å². The van der Waals surface area contributed by atoms with Gasteiger partial charge in [0, 0.05) is 25.5 Å². The third-order valence-corrected chi connectivity index (χ3v) is 4.29. The molecule has 0 spiro atoms. The quantitative estimate of drug-likeness (QED) is 0.915. The van der Waals surface area contributed by atoms with Gasteiger partial charge in [0.25, 0.3) is 0 Å². The number of hydrogen-bond donors (Lipinski definition) is 1. The molecule has 0 saturated heterocycles. The van der Waals surface area contributed by atoms with Gasteiger partial charge in [0.1, 0.15) is 0 Å². The van der Waals surface area contributed by atoms with Crippen molar-refractivity contribution in [1.29, 1.82) is 0 Å². The minimum Gasteiger partial charge on any atom is -0.387 e. The van der Waals surface area contributed by atoms with E-state index in [4.69, 9.17) is 0 Å². The van der Waals surface area contributed by atoms with Gasteiger partial charge in [-0.1, -0.05) is 12.1 Å². The van der Waals surface area contributed by atoms with E-state index in [9.17, 15) is 5.11 Å². The van der Waals surface area contributed by atoms with E-state index in [0.29, 0.717) is 0 Å². The Kier molecular flexibility index (Phi) is 3.16. The number of aromatic nitrogens is 1. The molecule has 1 aromatic carbocycles. The maximum atomic E-state index is 9.59. The highest BCUT2D eigenvalue weighted by Crippen LogP contribution is 2.38. The van der Waals surface area contributed by atoms with Gasteiger partial charge in [0.05, 0.1) is 23.2 Å². The topological polar surface area (TPSA) is 39.6 Å². The van der Waals surface area contributed by atoms with Crippen LogP contribution in [0.2, 0.25) is 0 Å². The van der Waals surface area contributed by atoms with Crippen molar-refractivity contribution in [2.75, 3.05) is 29.9 Å². The summed E-state index contributed by atoms with van der Waals surface area (Å²) in [6, 6.07) is 8.36. The fourth-order valence-corrected chi connectivity index (χ4v) is 3.25. The molecule has 0 aliphatic carbocycles. The number of para-hydroxylation sites is 2. The lowest BCUT2D eigenvalue weighted by molar-refractivity contribution is 0.195. The van der Waals surface area contributed by atoms with E-state index >= 15 is 0 Å². The van der Waals surface area contributed by atoms with Crippen LogP contribution in [0.15, 0.2) is 29.6 Å². The van der Waals surface area contributed by atoms with E-state index in [1.165, 1.54) is 11.4 Å². The number of nitrogens with zero attached hydrogens (tertiary/aromatic N) is 3. The van der Waals surface area contributed by atoms with Crippen molar-refractivity contribution in [2.24, 2.45) is 0 Å². The molecule has 0 radical (unpaired) electrons. The monoisotopic (exact) mass is 275 g/mol. The predicted molar refractivity (Wildman–Crippen MR) is 79.5 cm³/mol. The molecule has 19 heavy (non-hydrogen) atoms. The summed E-state index contributed by atoms with van der Waals surface area (Å²) < 4.78 is 0. The highest BCUT2D eigenvalue weighted by molar-refractivity contribution is 7.13. The van der Waals surface area contributed by atoms with Crippen LogP contribution in [0.3, 0.4) is 0 Å². The van der Waals surface area contributed by atoms with Crippen molar-refractivity contribution in [1.82, 2.24) is 4.98 Å². The zero-order valence-electron chi connectivity index (χ0n) is 11.1. The highest BCUT2D eigenvalue weighted by Gasteiger charge is 2.23. The second-order valence-corrected chi connectivity index (χ2v) is 5.63. The average molecular weight is 275 g/mol. The zero-order chi connectivity index (χ0) is 13.4. The number of hydrogen-bond acceptors (Lipinski definition) is 5. The number of fused-ring (bicyclic) bond motifs is 1. The molecule has 0 bridgehead atoms. The van der Waals surface area contributed by atoms with Crippen molar-refractivity contribution >= 4 is 27.8 Å². The molecule has 1 N–H and O–H groups in total. The summed E-state index contributed by atoms with van der Waals surface area (Å²) >= 11 is 1.59. The molecular formula is C14H17N3OS. The number of rotatable bonds is 2. The minimum atomic E-state index is -0.507. The SMILES string of the molecule is CC(O)c1csc(N2CCN(C)c3ccccc32)n1. The van der Waals surface area contributed by atoms with Crippen LogP contribution >= 0.6 is 11.3 Å². The Balaban J connectivity index is 1.99. The molecule has 0 saturated carbocycles. The predicted octanol–water partition coefficient (Wildman–Crippen LogP) is 2.78. The summed E-state index contributed by atoms with van der Waals surface area (Å²) in [4.78, 5) is 9.02. The summed E-state index contributed by atoms with van der Waals surface area (Å²) in [5.74, 6) is 0. The average Bonchev–Trinajstić information content (AvgIpc) is 2.89. The van der Waals surface area contributed by atoms with Crippen LogP contribution in [0, 0.1) is 0 Å². The molecule has 0 amide bonds. The molecule has 2 heterocycles. The Morgan fingerprint density at radius 3 is 2.68 bits per heavy atom. The molecular weight excluding hydrogens is 258 g/mol. The van der Waals surface area contributed by atoms with Crippen molar-refractivity contribution in [3.8, 4) is 0 Å². The van der Waals surface area contributed by atoms with Gasteiger partial charge in [0.2, 0.25) is 0 Å². The van der Waals surface area contributed by atoms with Gasteiger partial charge >= 0.3 is 0 Å². The zero-order valence-corrected chi connectivity index (χ0v) is 11.9. The molecule has 100 valence electrons. The lowest BCUT2D eigenvalue weighted by Crippen LogP contribution is -2.36. The standard InChI is InChI=1S/C14H17N3OS/c1-10(18)11-9-19-14(15-11)17-8-7-16(2)12-5-3-4-6-13(12)17/h3-6,9-10,18H,7-8H2,1-2H3. The van der Waals surface area contributed by atoms with Crippen molar-refractivity contribution in [3.05, 3.63) is 35.3 Å². The maximum Gasteiger partial charge on any atom is 0.190 e. The van der Waals surface area contributed by atoms with E-state index in [-0.39, 0.29) is 0 Å². The molecule has 2 aromatic rings. The summed E-state index contributed by atoms with van der Waals surface area (Å²) in [5, 5.41) is 12.5. The Bertz CT molecular complexity index is 582. The summed E-state index contributed by atoms with van der Waals surface area (Å²) in [6.45, 7) is 3.64. The Hall–Kier alpha value is -1.59. The van der Waals surface area contributed by atoms with E-state index in [1.807, 2.05) is 11.4 Å². The Labute approximate surface area is 116 Å². The first-order valence-electron chi connectivity index (χ1n) is 6.38. The molecule has 4 nitrogen and oxygen atoms in total. The molecule has 3 rings (SSSR count). The molecule has 1 atom stereocenters. The lowest BCUT2D eigenvalue weighted by atomic mass is 10.2. The van der Waals surface area contributed by atoms with Gasteiger partial charge in [-0.3, -0.25) is 0 Å². The van der Waals surface area contributed by atoms with Crippen molar-refractivity contribution in [3.63, 3.8) is 0 Å². The number of aliphatic hydroxyl groups is 1. The van der Waals surface area contributed by atoms with Crippen LogP contribution in [0.25, 0.3) is 0 Å². The number of benzene rings is 1. The minimum absolute atomic E-state index is 0.507. The van der Waals surface area contributed by atoms with Gasteiger partial charge < -0.3 is 14.9 Å². The molecule has 5 heteroatoms. The van der Waals surface area contributed by atoms with Crippen LogP contribution in [0.4, 0.5) is 16.5 Å². The Morgan fingerprint density at radius 2 is 2.00 bits per heavy atom. The van der Waals surface area contributed by atoms with Gasteiger partial charge in [-0.05, 0) is 19.1 Å². The fourth-order valence-electron chi connectivity index (χ4n) is 2.30. The number of thiazole rings is 1. The number of aliphatic hydroxyl groups excluding tert-OH is 1. The summed E-state index contributed by atoms with van der Waals surface area (Å²) in [7, 11) is 2.11. The van der Waals surface area contributed by atoms with Gasteiger partial charge in [-0.2, -0.15) is 0 Å². The lowest BCUT2D eigenvalue weighted by Gasteiger charge is -2.35. The van der Waals surface area contributed by atoms with Gasteiger partial charge in [0.15, 0.2) is 5.13 Å².